The Morgan fingerprint density at radius 2 is 2.05 bits per heavy atom. The number of nitrogens with zero attached hydrogens (tertiary/aromatic N) is 3. The fourth-order valence-electron chi connectivity index (χ4n) is 2.55. The van der Waals surface area contributed by atoms with E-state index in [1.807, 2.05) is 4.68 Å². The molecule has 1 aliphatic heterocycles. The predicted molar refractivity (Wildman–Crippen MR) is 81.8 cm³/mol. The van der Waals surface area contributed by atoms with Crippen LogP contribution in [0.3, 0.4) is 0 Å². The second kappa shape index (κ2) is 6.55. The quantitative estimate of drug-likeness (QED) is 0.740. The van der Waals surface area contributed by atoms with Gasteiger partial charge < -0.3 is 5.32 Å². The molecule has 22 heavy (non-hydrogen) atoms. The number of benzene rings is 1. The molecule has 1 unspecified atom stereocenters. The van der Waals surface area contributed by atoms with Gasteiger partial charge in [-0.25, -0.2) is 22.8 Å². The minimum atomic E-state index is -3.42. The summed E-state index contributed by atoms with van der Waals surface area (Å²) in [5, 5.41) is 7.53. The third kappa shape index (κ3) is 3.52. The van der Waals surface area contributed by atoms with E-state index in [0.29, 0.717) is 24.0 Å². The topological polar surface area (TPSA) is 88.9 Å². The van der Waals surface area contributed by atoms with Crippen LogP contribution in [0.15, 0.2) is 41.6 Å². The van der Waals surface area contributed by atoms with Crippen molar-refractivity contribution in [3.63, 3.8) is 0 Å². The second-order valence-corrected chi connectivity index (χ2v) is 7.03. The zero-order valence-corrected chi connectivity index (χ0v) is 13.0. The van der Waals surface area contributed by atoms with Crippen LogP contribution in [0.4, 0.5) is 0 Å². The largest absolute Gasteiger partial charge is 0.311 e. The summed E-state index contributed by atoms with van der Waals surface area (Å²) < 4.78 is 28.6. The highest BCUT2D eigenvalue weighted by molar-refractivity contribution is 7.89. The van der Waals surface area contributed by atoms with E-state index < -0.39 is 10.0 Å². The minimum absolute atomic E-state index is 0.292. The number of nitrogens with one attached hydrogen (secondary N) is 2. The number of sulfonamides is 1. The smallest absolute Gasteiger partial charge is 0.240 e. The number of aryl methyl sites for hydroxylation is 1. The fourth-order valence-corrected chi connectivity index (χ4v) is 3.60. The van der Waals surface area contributed by atoms with Gasteiger partial charge in [-0.15, -0.1) is 0 Å². The van der Waals surface area contributed by atoms with Crippen LogP contribution in [0.5, 0.6) is 0 Å². The van der Waals surface area contributed by atoms with E-state index in [-0.39, 0.29) is 0 Å². The molecule has 0 fully saturated rings. The van der Waals surface area contributed by atoms with E-state index in [4.69, 9.17) is 0 Å². The maximum absolute atomic E-state index is 12.1. The molecule has 1 aromatic carbocycles. The molecule has 0 aliphatic carbocycles. The first-order valence-electron chi connectivity index (χ1n) is 7.30. The van der Waals surface area contributed by atoms with Gasteiger partial charge in [-0.3, -0.25) is 0 Å². The van der Waals surface area contributed by atoms with Crippen molar-refractivity contribution in [1.82, 2.24) is 24.8 Å². The molecule has 0 saturated heterocycles. The average Bonchev–Trinajstić information content (AvgIpc) is 3.00. The van der Waals surface area contributed by atoms with Crippen molar-refractivity contribution in [3.8, 4) is 0 Å². The van der Waals surface area contributed by atoms with Gasteiger partial charge in [0.15, 0.2) is 0 Å². The highest BCUT2D eigenvalue weighted by Crippen LogP contribution is 2.11. The SMILES string of the molecule is O=S(=O)(NCCNC1CCc2ncnn2C1)c1ccccc1. The molecule has 8 heteroatoms. The van der Waals surface area contributed by atoms with Crippen LogP contribution >= 0.6 is 0 Å². The lowest BCUT2D eigenvalue weighted by Gasteiger charge is -2.23. The third-order valence-electron chi connectivity index (χ3n) is 3.71. The van der Waals surface area contributed by atoms with Crippen molar-refractivity contribution in [2.75, 3.05) is 13.1 Å². The molecular formula is C14H19N5O2S. The minimum Gasteiger partial charge on any atom is -0.311 e. The van der Waals surface area contributed by atoms with Gasteiger partial charge in [-0.2, -0.15) is 5.10 Å². The lowest BCUT2D eigenvalue weighted by atomic mass is 10.1. The molecule has 1 aliphatic rings. The highest BCUT2D eigenvalue weighted by atomic mass is 32.2. The zero-order valence-electron chi connectivity index (χ0n) is 12.1. The molecule has 1 atom stereocenters. The van der Waals surface area contributed by atoms with Gasteiger partial charge in [-0.05, 0) is 18.6 Å². The molecule has 3 rings (SSSR count). The number of aromatic nitrogens is 3. The van der Waals surface area contributed by atoms with Gasteiger partial charge in [-0.1, -0.05) is 18.2 Å². The molecular weight excluding hydrogens is 302 g/mol. The molecule has 2 heterocycles. The summed E-state index contributed by atoms with van der Waals surface area (Å²) in [5.74, 6) is 1.02. The van der Waals surface area contributed by atoms with E-state index in [0.717, 1.165) is 25.2 Å². The molecule has 2 aromatic rings. The van der Waals surface area contributed by atoms with Gasteiger partial charge in [0.2, 0.25) is 10.0 Å². The Morgan fingerprint density at radius 1 is 1.23 bits per heavy atom. The number of fused-ring (bicyclic) bond motifs is 1. The van der Waals surface area contributed by atoms with Crippen LogP contribution in [0, 0.1) is 0 Å². The molecule has 2 N–H and O–H groups in total. The summed E-state index contributed by atoms with van der Waals surface area (Å²) in [7, 11) is -3.42. The van der Waals surface area contributed by atoms with Gasteiger partial charge >= 0.3 is 0 Å². The summed E-state index contributed by atoms with van der Waals surface area (Å²) in [4.78, 5) is 4.48. The van der Waals surface area contributed by atoms with Crippen molar-refractivity contribution < 1.29 is 8.42 Å². The number of rotatable bonds is 6. The molecule has 0 amide bonds. The van der Waals surface area contributed by atoms with Gasteiger partial charge in [0.25, 0.3) is 0 Å². The molecule has 7 nitrogen and oxygen atoms in total. The van der Waals surface area contributed by atoms with E-state index in [1.54, 1.807) is 36.7 Å². The van der Waals surface area contributed by atoms with E-state index in [9.17, 15) is 8.42 Å². The first-order chi connectivity index (χ1) is 10.6. The number of hydrogen-bond donors (Lipinski definition) is 2. The first kappa shape index (κ1) is 15.1. The summed E-state index contributed by atoms with van der Waals surface area (Å²) in [5.41, 5.74) is 0. The summed E-state index contributed by atoms with van der Waals surface area (Å²) in [6, 6.07) is 8.69. The third-order valence-corrected chi connectivity index (χ3v) is 5.19. The lowest BCUT2D eigenvalue weighted by molar-refractivity contribution is 0.361. The van der Waals surface area contributed by atoms with Crippen molar-refractivity contribution in [2.45, 2.75) is 30.3 Å². The summed E-state index contributed by atoms with van der Waals surface area (Å²) in [6.07, 6.45) is 3.46. The Hall–Kier alpha value is -1.77. The van der Waals surface area contributed by atoms with Crippen LogP contribution in [0.2, 0.25) is 0 Å². The first-order valence-corrected chi connectivity index (χ1v) is 8.78. The van der Waals surface area contributed by atoms with E-state index in [1.165, 1.54) is 0 Å². The Labute approximate surface area is 129 Å². The average molecular weight is 321 g/mol. The van der Waals surface area contributed by atoms with Gasteiger partial charge in [0.1, 0.15) is 12.2 Å². The van der Waals surface area contributed by atoms with Crippen molar-refractivity contribution in [3.05, 3.63) is 42.5 Å². The fraction of sp³-hybridized carbons (Fsp3) is 0.429. The van der Waals surface area contributed by atoms with Gasteiger partial charge in [0, 0.05) is 25.6 Å². The monoisotopic (exact) mass is 321 g/mol. The zero-order chi connectivity index (χ0) is 15.4. The van der Waals surface area contributed by atoms with Crippen molar-refractivity contribution >= 4 is 10.0 Å². The molecule has 118 valence electrons. The standard InChI is InChI=1S/C14H19N5O2S/c20-22(21,13-4-2-1-3-5-13)18-9-8-15-12-6-7-14-16-11-17-19(14)10-12/h1-5,11-12,15,18H,6-10H2. The highest BCUT2D eigenvalue weighted by Gasteiger charge is 2.19. The Kier molecular flexibility index (Phi) is 4.51. The Bertz CT molecular complexity index is 714. The van der Waals surface area contributed by atoms with Crippen molar-refractivity contribution in [2.24, 2.45) is 0 Å². The van der Waals surface area contributed by atoms with Crippen LogP contribution < -0.4 is 10.0 Å². The maximum Gasteiger partial charge on any atom is 0.240 e. The molecule has 1 aromatic heterocycles. The molecule has 0 spiro atoms. The van der Waals surface area contributed by atoms with Gasteiger partial charge in [0.05, 0.1) is 11.4 Å². The van der Waals surface area contributed by atoms with Crippen LogP contribution in [0.1, 0.15) is 12.2 Å². The van der Waals surface area contributed by atoms with E-state index >= 15 is 0 Å². The van der Waals surface area contributed by atoms with Crippen molar-refractivity contribution in [1.29, 1.82) is 0 Å². The Balaban J connectivity index is 1.45. The van der Waals surface area contributed by atoms with Crippen LogP contribution in [-0.2, 0) is 23.0 Å². The lowest BCUT2D eigenvalue weighted by Crippen LogP contribution is -2.41. The van der Waals surface area contributed by atoms with Crippen LogP contribution in [-0.4, -0.2) is 42.3 Å². The maximum atomic E-state index is 12.1. The normalized spacial score (nSPS) is 18.1. The summed E-state index contributed by atoms with van der Waals surface area (Å²) in [6.45, 7) is 1.72. The molecule has 0 radical (unpaired) electrons. The predicted octanol–water partition coefficient (Wildman–Crippen LogP) is 0.161. The number of hydrogen-bond acceptors (Lipinski definition) is 5. The van der Waals surface area contributed by atoms with Crippen LogP contribution in [0.25, 0.3) is 0 Å². The second-order valence-electron chi connectivity index (χ2n) is 5.26. The molecule has 0 bridgehead atoms. The van der Waals surface area contributed by atoms with E-state index in [2.05, 4.69) is 20.1 Å². The Morgan fingerprint density at radius 3 is 2.86 bits per heavy atom. The molecule has 0 saturated carbocycles. The summed E-state index contributed by atoms with van der Waals surface area (Å²) >= 11 is 0.